The van der Waals surface area contributed by atoms with Gasteiger partial charge in [-0.25, -0.2) is 0 Å². The molecule has 194 valence electrons. The molecule has 0 atom stereocenters. The van der Waals surface area contributed by atoms with Crippen LogP contribution in [0.25, 0.3) is 19.5 Å². The fourth-order valence-corrected chi connectivity index (χ4v) is 30.4. The van der Waals surface area contributed by atoms with Gasteiger partial charge in [0.25, 0.3) is 0 Å². The molecule has 3 rings (SSSR count). The van der Waals surface area contributed by atoms with Crippen molar-refractivity contribution in [1.82, 2.24) is 0 Å². The Kier molecular flexibility index (Phi) is 10.8. The van der Waals surface area contributed by atoms with Gasteiger partial charge in [-0.15, -0.1) is 0 Å². The van der Waals surface area contributed by atoms with E-state index >= 15 is 0 Å². The quantitative estimate of drug-likeness (QED) is 0.161. The summed E-state index contributed by atoms with van der Waals surface area (Å²) in [4.78, 5) is 5.89. The van der Waals surface area contributed by atoms with Gasteiger partial charge in [-0.2, -0.15) is 0 Å². The van der Waals surface area contributed by atoms with E-state index in [0.29, 0.717) is 5.04 Å². The van der Waals surface area contributed by atoms with Crippen LogP contribution in [-0.2, 0) is 0 Å². The number of rotatable bonds is 13. The van der Waals surface area contributed by atoms with E-state index in [-0.39, 0.29) is 0 Å². The molecule has 0 aliphatic carbocycles. The first kappa shape index (κ1) is 29.7. The van der Waals surface area contributed by atoms with Crippen LogP contribution in [0.3, 0.4) is 0 Å². The van der Waals surface area contributed by atoms with Gasteiger partial charge in [0.15, 0.2) is 0 Å². The van der Waals surface area contributed by atoms with Crippen molar-refractivity contribution >= 4 is 67.9 Å². The third-order valence-electron chi connectivity index (χ3n) is 8.34. The van der Waals surface area contributed by atoms with Crippen molar-refractivity contribution in [1.29, 1.82) is 0 Å². The standard InChI is InChI=1S/C18H21S3Si.3C4H9.Sn/c1-18(2,3)22(4,5)17-11-10-16(21-17)15-9-8-14(20-15)13-7-6-12-19-13;3*1-3-4-2;/h6-11H,1-5H3;3*1,3-4H2,2H3;. The summed E-state index contributed by atoms with van der Waals surface area (Å²) >= 11 is 3.91. The van der Waals surface area contributed by atoms with E-state index in [9.17, 15) is 0 Å². The topological polar surface area (TPSA) is 0 Å². The summed E-state index contributed by atoms with van der Waals surface area (Å²) < 4.78 is 8.18. The molecule has 0 saturated heterocycles. The van der Waals surface area contributed by atoms with Crippen LogP contribution in [0, 0.1) is 0 Å². The molecule has 5 heteroatoms. The maximum absolute atomic E-state index is 2.58. The second-order valence-corrected chi connectivity index (χ2v) is 35.0. The molecule has 0 aliphatic heterocycles. The van der Waals surface area contributed by atoms with E-state index in [1.165, 1.54) is 58.0 Å². The Morgan fingerprint density at radius 1 is 0.629 bits per heavy atom. The van der Waals surface area contributed by atoms with Crippen LogP contribution in [0.1, 0.15) is 80.1 Å². The van der Waals surface area contributed by atoms with Crippen LogP contribution in [-0.4, -0.2) is 26.5 Å². The van der Waals surface area contributed by atoms with Gasteiger partial charge in [0.05, 0.1) is 0 Å². The predicted molar refractivity (Wildman–Crippen MR) is 172 cm³/mol. The maximum atomic E-state index is 2.58. The first-order valence-electron chi connectivity index (χ1n) is 13.9. The van der Waals surface area contributed by atoms with Crippen LogP contribution >= 0.6 is 34.0 Å². The SMILES string of the molecule is CCC[CH2][Sn]([CH2]CCC)([CH2]CCC)[c]1ccc(-c2ccc(-c3ccc([Si](C)(C)C(C)(C)C)s3)s2)s1. The van der Waals surface area contributed by atoms with Gasteiger partial charge in [0, 0.05) is 0 Å². The molecule has 3 aromatic heterocycles. The summed E-state index contributed by atoms with van der Waals surface area (Å²) in [5.41, 5.74) is 0. The molecule has 3 aromatic rings. The fourth-order valence-electron chi connectivity index (χ4n) is 4.82. The predicted octanol–water partition coefficient (Wildman–Crippen LogP) is 11.0. The summed E-state index contributed by atoms with van der Waals surface area (Å²) in [5, 5.41) is 0.384. The van der Waals surface area contributed by atoms with Crippen molar-refractivity contribution in [3.05, 3.63) is 36.4 Å². The second-order valence-electron chi connectivity index (χ2n) is 12.0. The van der Waals surface area contributed by atoms with Gasteiger partial charge in [0.1, 0.15) is 0 Å². The van der Waals surface area contributed by atoms with E-state index in [0.717, 1.165) is 0 Å². The van der Waals surface area contributed by atoms with E-state index in [4.69, 9.17) is 0 Å². The van der Waals surface area contributed by atoms with E-state index < -0.39 is 26.5 Å². The molecule has 0 saturated carbocycles. The Balaban J connectivity index is 1.88. The number of hydrogen-bond donors (Lipinski definition) is 0. The second kappa shape index (κ2) is 12.8. The van der Waals surface area contributed by atoms with Gasteiger partial charge in [-0.3, -0.25) is 0 Å². The van der Waals surface area contributed by atoms with E-state index in [1.807, 2.05) is 14.2 Å². The normalized spacial score (nSPS) is 13.0. The molecule has 0 aliphatic rings. The summed E-state index contributed by atoms with van der Waals surface area (Å²) in [6.45, 7) is 19.5. The molecule has 0 nitrogen and oxygen atoms in total. The molecule has 0 unspecified atom stereocenters. The fraction of sp³-hybridized carbons (Fsp3) is 0.600. The summed E-state index contributed by atoms with van der Waals surface area (Å²) in [7, 11) is -1.47. The van der Waals surface area contributed by atoms with Crippen LogP contribution in [0.15, 0.2) is 36.4 Å². The van der Waals surface area contributed by atoms with Crippen LogP contribution in [0.2, 0.25) is 31.4 Å². The van der Waals surface area contributed by atoms with Gasteiger partial charge >= 0.3 is 235 Å². The molecule has 35 heavy (non-hydrogen) atoms. The molecule has 3 heterocycles. The number of thiophene rings is 3. The Morgan fingerprint density at radius 2 is 1.06 bits per heavy atom. The number of hydrogen-bond acceptors (Lipinski definition) is 3. The van der Waals surface area contributed by atoms with Crippen molar-refractivity contribution in [2.45, 2.75) is 112 Å². The van der Waals surface area contributed by atoms with Gasteiger partial charge in [-0.05, 0) is 0 Å². The molecule has 0 spiro atoms. The van der Waals surface area contributed by atoms with Crippen molar-refractivity contribution in [2.24, 2.45) is 0 Å². The van der Waals surface area contributed by atoms with Crippen LogP contribution in [0.4, 0.5) is 0 Å². The zero-order valence-corrected chi connectivity index (χ0v) is 29.9. The summed E-state index contributed by atoms with van der Waals surface area (Å²) in [6.07, 6.45) is 8.36. The Bertz CT molecular complexity index is 1030. The van der Waals surface area contributed by atoms with Crippen molar-refractivity contribution in [2.75, 3.05) is 0 Å². The Hall–Kier alpha value is 0.116. The van der Waals surface area contributed by atoms with Crippen molar-refractivity contribution in [3.8, 4) is 19.5 Å². The van der Waals surface area contributed by atoms with Gasteiger partial charge < -0.3 is 0 Å². The first-order chi connectivity index (χ1) is 16.6. The zero-order valence-electron chi connectivity index (χ0n) is 23.6. The third-order valence-corrected chi connectivity index (χ3v) is 37.1. The number of unbranched alkanes of at least 4 members (excludes halogenated alkanes) is 3. The van der Waals surface area contributed by atoms with Crippen LogP contribution < -0.4 is 7.39 Å². The molecule has 0 amide bonds. The first-order valence-corrected chi connectivity index (χ1v) is 26.8. The van der Waals surface area contributed by atoms with Crippen molar-refractivity contribution in [3.63, 3.8) is 0 Å². The molecule has 0 aromatic carbocycles. The van der Waals surface area contributed by atoms with Gasteiger partial charge in [0.2, 0.25) is 0 Å². The monoisotopic (exact) mass is 652 g/mol. The van der Waals surface area contributed by atoms with E-state index in [2.05, 4.69) is 114 Å². The Labute approximate surface area is 233 Å². The molecular weight excluding hydrogens is 603 g/mol. The molecule has 0 fully saturated rings. The molecule has 0 radical (unpaired) electrons. The molecule has 0 bridgehead atoms. The van der Waals surface area contributed by atoms with Crippen molar-refractivity contribution < 1.29 is 0 Å². The van der Waals surface area contributed by atoms with E-state index in [1.54, 1.807) is 17.8 Å². The summed E-state index contributed by atoms with van der Waals surface area (Å²) in [6, 6.07) is 14.6. The third kappa shape index (κ3) is 6.96. The molecule has 0 N–H and O–H groups in total. The zero-order chi connectivity index (χ0) is 25.7. The summed E-state index contributed by atoms with van der Waals surface area (Å²) in [5.74, 6) is 0. The minimum absolute atomic E-state index is 0.384. The average Bonchev–Trinajstić information content (AvgIpc) is 3.58. The van der Waals surface area contributed by atoms with Crippen LogP contribution in [0.5, 0.6) is 0 Å². The van der Waals surface area contributed by atoms with Gasteiger partial charge in [-0.1, -0.05) is 0 Å². The molecular formula is C30H48S3SiSn. The average molecular weight is 652 g/mol. The Morgan fingerprint density at radius 3 is 1.54 bits per heavy atom. The minimum atomic E-state index is -2.33.